The second kappa shape index (κ2) is 6.47. The minimum absolute atomic E-state index is 0.373. The van der Waals surface area contributed by atoms with Crippen LogP contribution in [0.15, 0.2) is 30.3 Å². The monoisotopic (exact) mass is 273 g/mol. The summed E-state index contributed by atoms with van der Waals surface area (Å²) in [7, 11) is 0. The summed E-state index contributed by atoms with van der Waals surface area (Å²) in [6.45, 7) is 1.71. The molecule has 6 heteroatoms. The van der Waals surface area contributed by atoms with Gasteiger partial charge in [-0.05, 0) is 48.2 Å². The molecule has 0 aliphatic carbocycles. The predicted octanol–water partition coefficient (Wildman–Crippen LogP) is 2.03. The number of hydrogen-bond donors (Lipinski definition) is 1. The molecule has 3 rings (SSSR count). The first-order valence-corrected chi connectivity index (χ1v) is 7.13. The van der Waals surface area contributed by atoms with E-state index in [1.165, 1.54) is 12.8 Å². The smallest absolute Gasteiger partial charge is 0.247 e. The number of rotatable bonds is 5. The van der Waals surface area contributed by atoms with Crippen LogP contribution in [0.1, 0.15) is 25.7 Å². The van der Waals surface area contributed by atoms with Gasteiger partial charge in [0.15, 0.2) is 0 Å². The summed E-state index contributed by atoms with van der Waals surface area (Å²) in [6.07, 6.45) is 4.98. The normalized spacial score (nSPS) is 18.9. The van der Waals surface area contributed by atoms with E-state index in [0.29, 0.717) is 12.1 Å². The van der Waals surface area contributed by atoms with Crippen molar-refractivity contribution < 1.29 is 4.74 Å². The van der Waals surface area contributed by atoms with Crippen LogP contribution in [0, 0.1) is 0 Å². The molecule has 0 bridgehead atoms. The fraction of sp³-hybridized carbons (Fsp3) is 0.500. The van der Waals surface area contributed by atoms with E-state index in [2.05, 4.69) is 20.8 Å². The van der Waals surface area contributed by atoms with Crippen molar-refractivity contribution in [2.45, 2.75) is 31.8 Å². The SMILES string of the molecule is c1ccc(-n2nnnc2NCCC2CCCCO2)cc1. The molecule has 2 aromatic rings. The molecule has 0 spiro atoms. The number of aromatic nitrogens is 4. The standard InChI is InChI=1S/C14H19N5O/c1-2-6-12(7-3-1)19-14(16-17-18-19)15-10-9-13-8-4-5-11-20-13/h1-3,6-7,13H,4-5,8-11H2,(H,15,16,18). The average molecular weight is 273 g/mol. The van der Waals surface area contributed by atoms with Crippen molar-refractivity contribution in [2.24, 2.45) is 0 Å². The highest BCUT2D eigenvalue weighted by Crippen LogP contribution is 2.16. The molecule has 1 atom stereocenters. The Kier molecular flexibility index (Phi) is 4.22. The Morgan fingerprint density at radius 1 is 1.25 bits per heavy atom. The minimum Gasteiger partial charge on any atom is -0.378 e. The third kappa shape index (κ3) is 3.14. The fourth-order valence-corrected chi connectivity index (χ4v) is 2.42. The van der Waals surface area contributed by atoms with E-state index in [-0.39, 0.29) is 0 Å². The second-order valence-corrected chi connectivity index (χ2v) is 4.95. The summed E-state index contributed by atoms with van der Waals surface area (Å²) in [6, 6.07) is 9.87. The Morgan fingerprint density at radius 2 is 2.15 bits per heavy atom. The molecule has 1 saturated heterocycles. The molecule has 1 aromatic heterocycles. The lowest BCUT2D eigenvalue weighted by molar-refractivity contribution is 0.0134. The third-order valence-electron chi connectivity index (χ3n) is 3.49. The molecule has 2 heterocycles. The first-order valence-electron chi connectivity index (χ1n) is 7.13. The van der Waals surface area contributed by atoms with E-state index < -0.39 is 0 Å². The van der Waals surface area contributed by atoms with Gasteiger partial charge in [0.1, 0.15) is 0 Å². The number of tetrazole rings is 1. The summed E-state index contributed by atoms with van der Waals surface area (Å²) in [5, 5.41) is 15.1. The summed E-state index contributed by atoms with van der Waals surface area (Å²) < 4.78 is 7.42. The molecule has 1 fully saturated rings. The maximum absolute atomic E-state index is 5.71. The molecule has 106 valence electrons. The van der Waals surface area contributed by atoms with E-state index >= 15 is 0 Å². The van der Waals surface area contributed by atoms with Gasteiger partial charge >= 0.3 is 0 Å². The number of nitrogens with zero attached hydrogens (tertiary/aromatic N) is 4. The average Bonchev–Trinajstić information content (AvgIpc) is 2.98. The number of ether oxygens (including phenoxy) is 1. The lowest BCUT2D eigenvalue weighted by Gasteiger charge is -2.22. The van der Waals surface area contributed by atoms with E-state index in [1.807, 2.05) is 30.3 Å². The van der Waals surface area contributed by atoms with Gasteiger partial charge in [0.25, 0.3) is 0 Å². The van der Waals surface area contributed by atoms with Crippen LogP contribution in [0.25, 0.3) is 5.69 Å². The van der Waals surface area contributed by atoms with Crippen LogP contribution in [-0.4, -0.2) is 39.5 Å². The second-order valence-electron chi connectivity index (χ2n) is 4.95. The highest BCUT2D eigenvalue weighted by molar-refractivity contribution is 5.38. The van der Waals surface area contributed by atoms with Crippen molar-refractivity contribution in [2.75, 3.05) is 18.5 Å². The summed E-state index contributed by atoms with van der Waals surface area (Å²) in [4.78, 5) is 0. The maximum atomic E-state index is 5.71. The predicted molar refractivity (Wildman–Crippen MR) is 75.9 cm³/mol. The number of anilines is 1. The summed E-state index contributed by atoms with van der Waals surface area (Å²) in [5.74, 6) is 0.673. The molecule has 20 heavy (non-hydrogen) atoms. The molecular formula is C14H19N5O. The number of hydrogen-bond acceptors (Lipinski definition) is 5. The molecule has 0 amide bonds. The zero-order chi connectivity index (χ0) is 13.6. The van der Waals surface area contributed by atoms with E-state index in [4.69, 9.17) is 4.74 Å². The van der Waals surface area contributed by atoms with Gasteiger partial charge < -0.3 is 10.1 Å². The molecule has 1 unspecified atom stereocenters. The van der Waals surface area contributed by atoms with Crippen molar-refractivity contribution in [3.63, 3.8) is 0 Å². The van der Waals surface area contributed by atoms with E-state index in [0.717, 1.165) is 31.7 Å². The van der Waals surface area contributed by atoms with E-state index in [9.17, 15) is 0 Å². The Bertz CT molecular complexity index is 521. The summed E-state index contributed by atoms with van der Waals surface area (Å²) >= 11 is 0. The van der Waals surface area contributed by atoms with Crippen molar-refractivity contribution >= 4 is 5.95 Å². The molecule has 6 nitrogen and oxygen atoms in total. The van der Waals surface area contributed by atoms with Gasteiger partial charge in [0, 0.05) is 13.2 Å². The Labute approximate surface area is 118 Å². The van der Waals surface area contributed by atoms with Crippen LogP contribution in [0.3, 0.4) is 0 Å². The van der Waals surface area contributed by atoms with Gasteiger partial charge in [-0.1, -0.05) is 23.3 Å². The van der Waals surface area contributed by atoms with Crippen molar-refractivity contribution in [1.82, 2.24) is 20.2 Å². The third-order valence-corrected chi connectivity index (χ3v) is 3.49. The molecule has 1 N–H and O–H groups in total. The minimum atomic E-state index is 0.373. The van der Waals surface area contributed by atoms with Crippen LogP contribution < -0.4 is 5.32 Å². The number of para-hydroxylation sites is 1. The summed E-state index contributed by atoms with van der Waals surface area (Å²) in [5.41, 5.74) is 0.953. The van der Waals surface area contributed by atoms with Crippen LogP contribution in [0.4, 0.5) is 5.95 Å². The van der Waals surface area contributed by atoms with E-state index in [1.54, 1.807) is 4.68 Å². The van der Waals surface area contributed by atoms with Crippen molar-refractivity contribution in [3.05, 3.63) is 30.3 Å². The topological polar surface area (TPSA) is 64.9 Å². The lowest BCUT2D eigenvalue weighted by atomic mass is 10.1. The molecule has 1 aromatic carbocycles. The Balaban J connectivity index is 1.57. The van der Waals surface area contributed by atoms with Crippen molar-refractivity contribution in [1.29, 1.82) is 0 Å². The number of benzene rings is 1. The van der Waals surface area contributed by atoms with Gasteiger partial charge in [-0.3, -0.25) is 0 Å². The lowest BCUT2D eigenvalue weighted by Crippen LogP contribution is -2.22. The molecule has 0 radical (unpaired) electrons. The van der Waals surface area contributed by atoms with Crippen LogP contribution in [0.2, 0.25) is 0 Å². The maximum Gasteiger partial charge on any atom is 0.247 e. The molecule has 1 aliphatic heterocycles. The molecule has 1 aliphatic rings. The first kappa shape index (κ1) is 13.1. The van der Waals surface area contributed by atoms with Crippen LogP contribution >= 0.6 is 0 Å². The van der Waals surface area contributed by atoms with Gasteiger partial charge in [-0.15, -0.1) is 0 Å². The zero-order valence-corrected chi connectivity index (χ0v) is 11.4. The first-order chi connectivity index (χ1) is 9.93. The largest absolute Gasteiger partial charge is 0.378 e. The van der Waals surface area contributed by atoms with Gasteiger partial charge in [0.2, 0.25) is 5.95 Å². The Hall–Kier alpha value is -1.95. The van der Waals surface area contributed by atoms with Gasteiger partial charge in [-0.25, -0.2) is 0 Å². The number of nitrogens with one attached hydrogen (secondary N) is 1. The highest BCUT2D eigenvalue weighted by Gasteiger charge is 2.14. The van der Waals surface area contributed by atoms with Gasteiger partial charge in [0.05, 0.1) is 11.8 Å². The Morgan fingerprint density at radius 3 is 2.95 bits per heavy atom. The van der Waals surface area contributed by atoms with Crippen LogP contribution in [-0.2, 0) is 4.74 Å². The van der Waals surface area contributed by atoms with Crippen molar-refractivity contribution in [3.8, 4) is 5.69 Å². The molecule has 0 saturated carbocycles. The molecular weight excluding hydrogens is 254 g/mol. The highest BCUT2D eigenvalue weighted by atomic mass is 16.5. The fourth-order valence-electron chi connectivity index (χ4n) is 2.42. The quantitative estimate of drug-likeness (QED) is 0.903. The van der Waals surface area contributed by atoms with Gasteiger partial charge in [-0.2, -0.15) is 4.68 Å². The van der Waals surface area contributed by atoms with Crippen LogP contribution in [0.5, 0.6) is 0 Å². The zero-order valence-electron chi connectivity index (χ0n) is 11.4.